The van der Waals surface area contributed by atoms with Crippen LogP contribution in [0.25, 0.3) is 10.9 Å². The first kappa shape index (κ1) is 24.7. The Kier molecular flexibility index (Phi) is 7.09. The van der Waals surface area contributed by atoms with Gasteiger partial charge in [-0.2, -0.15) is 0 Å². The Morgan fingerprint density at radius 2 is 1.57 bits per heavy atom. The fraction of sp³-hybridized carbons (Fsp3) is 0.115. The third kappa shape index (κ3) is 5.31. The first-order valence-corrected chi connectivity index (χ1v) is 12.3. The number of halogens is 2. The number of anilines is 2. The molecule has 9 heteroatoms. The summed E-state index contributed by atoms with van der Waals surface area (Å²) >= 11 is 6.84. The summed E-state index contributed by atoms with van der Waals surface area (Å²) in [5.74, 6) is -2.19. The number of nitrogens with one attached hydrogen (secondary N) is 3. The predicted molar refractivity (Wildman–Crippen MR) is 145 cm³/mol. The SMILES string of the molecule is Cc1cc(NC(=O)C(=O)Nn2c(C(=O)Nc3cccc(C)c3C)cc3cc(Br)ccc32)ccc1Br. The molecule has 0 radical (unpaired) electrons. The molecule has 1 heterocycles. The normalized spacial score (nSPS) is 10.8. The van der Waals surface area contributed by atoms with E-state index in [4.69, 9.17) is 0 Å². The van der Waals surface area contributed by atoms with Gasteiger partial charge in [0.2, 0.25) is 0 Å². The smallest absolute Gasteiger partial charge is 0.320 e. The molecule has 3 N–H and O–H groups in total. The minimum Gasteiger partial charge on any atom is -0.320 e. The second kappa shape index (κ2) is 10.1. The maximum absolute atomic E-state index is 13.3. The van der Waals surface area contributed by atoms with Crippen molar-refractivity contribution in [1.29, 1.82) is 0 Å². The van der Waals surface area contributed by atoms with Crippen LogP contribution in [0.1, 0.15) is 27.2 Å². The lowest BCUT2D eigenvalue weighted by molar-refractivity contribution is -0.133. The molecule has 7 nitrogen and oxygen atoms in total. The van der Waals surface area contributed by atoms with Crippen LogP contribution in [0, 0.1) is 20.8 Å². The number of amides is 3. The minimum absolute atomic E-state index is 0.180. The first-order valence-electron chi connectivity index (χ1n) is 10.7. The van der Waals surface area contributed by atoms with Crippen LogP contribution in [0.5, 0.6) is 0 Å². The molecular formula is C26H22Br2N4O3. The third-order valence-electron chi connectivity index (χ3n) is 5.68. The number of rotatable bonds is 4. The lowest BCUT2D eigenvalue weighted by atomic mass is 10.1. The van der Waals surface area contributed by atoms with E-state index in [0.29, 0.717) is 16.9 Å². The quantitative estimate of drug-likeness (QED) is 0.250. The van der Waals surface area contributed by atoms with Crippen molar-refractivity contribution in [2.24, 2.45) is 0 Å². The van der Waals surface area contributed by atoms with Crippen LogP contribution in [0.4, 0.5) is 11.4 Å². The number of carbonyl (C=O) groups is 3. The molecule has 0 aliphatic carbocycles. The summed E-state index contributed by atoms with van der Waals surface area (Å²) in [5.41, 5.74) is 7.38. The Bertz CT molecular complexity index is 1490. The van der Waals surface area contributed by atoms with Gasteiger partial charge in [0.1, 0.15) is 5.69 Å². The average Bonchev–Trinajstić information content (AvgIpc) is 3.16. The molecule has 0 aliphatic rings. The van der Waals surface area contributed by atoms with E-state index in [1.54, 1.807) is 36.4 Å². The summed E-state index contributed by atoms with van der Waals surface area (Å²) in [4.78, 5) is 38.7. The fourth-order valence-corrected chi connectivity index (χ4v) is 4.23. The molecule has 0 saturated carbocycles. The molecule has 0 bridgehead atoms. The molecule has 1 aromatic heterocycles. The van der Waals surface area contributed by atoms with Gasteiger partial charge in [-0.3, -0.25) is 19.8 Å². The van der Waals surface area contributed by atoms with Crippen LogP contribution >= 0.6 is 31.9 Å². The summed E-state index contributed by atoms with van der Waals surface area (Å²) in [6, 6.07) is 17.9. The van der Waals surface area contributed by atoms with E-state index in [2.05, 4.69) is 47.9 Å². The topological polar surface area (TPSA) is 92.2 Å². The van der Waals surface area contributed by atoms with Gasteiger partial charge in [-0.1, -0.05) is 44.0 Å². The van der Waals surface area contributed by atoms with Crippen LogP contribution in [0.15, 0.2) is 69.6 Å². The average molecular weight is 598 g/mol. The van der Waals surface area contributed by atoms with Gasteiger partial charge in [-0.25, -0.2) is 4.68 Å². The predicted octanol–water partition coefficient (Wildman–Crippen LogP) is 6.05. The van der Waals surface area contributed by atoms with Crippen molar-refractivity contribution >= 4 is 71.9 Å². The van der Waals surface area contributed by atoms with Crippen molar-refractivity contribution in [3.05, 3.63) is 92.0 Å². The Morgan fingerprint density at radius 3 is 2.31 bits per heavy atom. The van der Waals surface area contributed by atoms with E-state index in [1.807, 2.05) is 45.0 Å². The second-order valence-corrected chi connectivity index (χ2v) is 9.90. The van der Waals surface area contributed by atoms with Gasteiger partial charge >= 0.3 is 11.8 Å². The lowest BCUT2D eigenvalue weighted by Gasteiger charge is -2.14. The number of benzene rings is 3. The first-order chi connectivity index (χ1) is 16.6. The van der Waals surface area contributed by atoms with Crippen molar-refractivity contribution in [3.63, 3.8) is 0 Å². The van der Waals surface area contributed by atoms with E-state index in [-0.39, 0.29) is 5.69 Å². The molecule has 178 valence electrons. The third-order valence-corrected chi connectivity index (χ3v) is 7.07. The molecule has 0 aliphatic heterocycles. The molecule has 0 saturated heterocycles. The number of aromatic nitrogens is 1. The number of hydrogen-bond donors (Lipinski definition) is 3. The molecule has 4 aromatic rings. The number of fused-ring (bicyclic) bond motifs is 1. The Labute approximate surface area is 219 Å². The lowest BCUT2D eigenvalue weighted by Crippen LogP contribution is -2.36. The molecule has 0 unspecified atom stereocenters. The number of hydrogen-bond acceptors (Lipinski definition) is 3. The standard InChI is InChI=1S/C26H22Br2N4O3/c1-14-5-4-6-21(16(14)3)30-24(33)23-13-17-12-18(27)7-10-22(17)32(23)31-26(35)25(34)29-19-8-9-20(28)15(2)11-19/h4-13H,1-3H3,(H,29,34)(H,30,33)(H,31,35). The van der Waals surface area contributed by atoms with E-state index >= 15 is 0 Å². The van der Waals surface area contributed by atoms with E-state index in [9.17, 15) is 14.4 Å². The van der Waals surface area contributed by atoms with Crippen LogP contribution in [-0.2, 0) is 9.59 Å². The zero-order valence-electron chi connectivity index (χ0n) is 19.2. The summed E-state index contributed by atoms with van der Waals surface area (Å²) in [5, 5.41) is 6.22. The van der Waals surface area contributed by atoms with Gasteiger partial charge in [0.15, 0.2) is 0 Å². The molecule has 0 atom stereocenters. The van der Waals surface area contributed by atoms with Gasteiger partial charge in [0, 0.05) is 25.7 Å². The van der Waals surface area contributed by atoms with E-state index < -0.39 is 17.7 Å². The van der Waals surface area contributed by atoms with Crippen molar-refractivity contribution in [3.8, 4) is 0 Å². The van der Waals surface area contributed by atoms with Crippen LogP contribution in [0.2, 0.25) is 0 Å². The number of carbonyl (C=O) groups excluding carboxylic acids is 3. The monoisotopic (exact) mass is 596 g/mol. The van der Waals surface area contributed by atoms with Crippen LogP contribution in [0.3, 0.4) is 0 Å². The Balaban J connectivity index is 1.64. The van der Waals surface area contributed by atoms with Crippen LogP contribution < -0.4 is 16.1 Å². The van der Waals surface area contributed by atoms with Gasteiger partial charge in [0.05, 0.1) is 5.52 Å². The minimum atomic E-state index is -0.910. The van der Waals surface area contributed by atoms with Gasteiger partial charge in [-0.05, 0) is 86.0 Å². The number of aryl methyl sites for hydroxylation is 2. The van der Waals surface area contributed by atoms with Crippen molar-refractivity contribution in [2.75, 3.05) is 16.1 Å². The molecular weight excluding hydrogens is 576 g/mol. The summed E-state index contributed by atoms with van der Waals surface area (Å²) in [6.45, 7) is 5.77. The zero-order chi connectivity index (χ0) is 25.3. The highest BCUT2D eigenvalue weighted by Crippen LogP contribution is 2.25. The second-order valence-electron chi connectivity index (χ2n) is 8.13. The van der Waals surface area contributed by atoms with E-state index in [0.717, 1.165) is 31.0 Å². The van der Waals surface area contributed by atoms with Crippen molar-refractivity contribution < 1.29 is 14.4 Å². The highest BCUT2D eigenvalue weighted by molar-refractivity contribution is 9.10. The highest BCUT2D eigenvalue weighted by atomic mass is 79.9. The summed E-state index contributed by atoms with van der Waals surface area (Å²) in [6.07, 6.45) is 0. The molecule has 35 heavy (non-hydrogen) atoms. The van der Waals surface area contributed by atoms with E-state index in [1.165, 1.54) is 4.68 Å². The maximum atomic E-state index is 13.3. The molecule has 3 amide bonds. The highest BCUT2D eigenvalue weighted by Gasteiger charge is 2.22. The Hall–Kier alpha value is -3.43. The van der Waals surface area contributed by atoms with Crippen molar-refractivity contribution in [1.82, 2.24) is 4.68 Å². The van der Waals surface area contributed by atoms with Crippen LogP contribution in [-0.4, -0.2) is 22.4 Å². The summed E-state index contributed by atoms with van der Waals surface area (Å²) in [7, 11) is 0. The molecule has 3 aromatic carbocycles. The fourth-order valence-electron chi connectivity index (χ4n) is 3.61. The largest absolute Gasteiger partial charge is 0.328 e. The number of nitrogens with zero attached hydrogens (tertiary/aromatic N) is 1. The summed E-state index contributed by atoms with van der Waals surface area (Å²) < 4.78 is 3.04. The molecule has 4 rings (SSSR count). The molecule has 0 fully saturated rings. The van der Waals surface area contributed by atoms with Gasteiger partial charge in [-0.15, -0.1) is 0 Å². The Morgan fingerprint density at radius 1 is 0.800 bits per heavy atom. The van der Waals surface area contributed by atoms with Gasteiger partial charge in [0.25, 0.3) is 5.91 Å². The molecule has 0 spiro atoms. The van der Waals surface area contributed by atoms with Crippen molar-refractivity contribution in [2.45, 2.75) is 20.8 Å². The zero-order valence-corrected chi connectivity index (χ0v) is 22.4. The maximum Gasteiger partial charge on any atom is 0.328 e. The van der Waals surface area contributed by atoms with Gasteiger partial charge < -0.3 is 10.6 Å².